The number of nitrogens with zero attached hydrogens (tertiary/aromatic N) is 1. The Hall–Kier alpha value is -2.20. The summed E-state index contributed by atoms with van der Waals surface area (Å²) in [7, 11) is 0. The maximum atomic E-state index is 12.1. The highest BCUT2D eigenvalue weighted by Crippen LogP contribution is 2.13. The molecule has 2 rings (SSSR count). The number of nitrogens with one attached hydrogen (secondary N) is 1. The van der Waals surface area contributed by atoms with Crippen molar-refractivity contribution in [2.75, 3.05) is 11.9 Å². The third kappa shape index (κ3) is 3.39. The van der Waals surface area contributed by atoms with Crippen molar-refractivity contribution < 1.29 is 4.79 Å². The van der Waals surface area contributed by atoms with E-state index in [0.717, 1.165) is 23.2 Å². The Bertz CT molecular complexity index is 564. The highest BCUT2D eigenvalue weighted by atomic mass is 16.1. The summed E-state index contributed by atoms with van der Waals surface area (Å²) in [6, 6.07) is 9.28. The van der Waals surface area contributed by atoms with Crippen LogP contribution in [0.3, 0.4) is 0 Å². The predicted octanol–water partition coefficient (Wildman–Crippen LogP) is 2.14. The number of benzene rings is 1. The monoisotopic (exact) mass is 255 g/mol. The molecule has 1 amide bonds. The Labute approximate surface area is 112 Å². The SMILES string of the molecule is Cc1cnccc1NC(=O)c1ccc(CCN)cc1. The second-order valence-corrected chi connectivity index (χ2v) is 4.38. The van der Waals surface area contributed by atoms with Crippen molar-refractivity contribution in [3.05, 3.63) is 59.4 Å². The van der Waals surface area contributed by atoms with Gasteiger partial charge in [-0.3, -0.25) is 9.78 Å². The molecular formula is C15H17N3O. The quantitative estimate of drug-likeness (QED) is 0.879. The number of carbonyl (C=O) groups is 1. The average molecular weight is 255 g/mol. The summed E-state index contributed by atoms with van der Waals surface area (Å²) < 4.78 is 0. The van der Waals surface area contributed by atoms with E-state index in [-0.39, 0.29) is 5.91 Å². The molecule has 0 spiro atoms. The highest BCUT2D eigenvalue weighted by Gasteiger charge is 2.07. The van der Waals surface area contributed by atoms with Crippen LogP contribution in [0.1, 0.15) is 21.5 Å². The van der Waals surface area contributed by atoms with E-state index in [1.807, 2.05) is 31.2 Å². The summed E-state index contributed by atoms with van der Waals surface area (Å²) in [6.07, 6.45) is 4.21. The number of hydrogen-bond acceptors (Lipinski definition) is 3. The van der Waals surface area contributed by atoms with Crippen LogP contribution >= 0.6 is 0 Å². The van der Waals surface area contributed by atoms with Crippen LogP contribution in [0.25, 0.3) is 0 Å². The molecule has 0 saturated heterocycles. The van der Waals surface area contributed by atoms with Gasteiger partial charge in [-0.05, 0) is 49.2 Å². The van der Waals surface area contributed by atoms with E-state index in [1.54, 1.807) is 18.5 Å². The summed E-state index contributed by atoms with van der Waals surface area (Å²) in [5, 5.41) is 2.87. The van der Waals surface area contributed by atoms with Gasteiger partial charge in [0.25, 0.3) is 5.91 Å². The lowest BCUT2D eigenvalue weighted by Crippen LogP contribution is -2.13. The molecule has 4 nitrogen and oxygen atoms in total. The molecule has 1 aromatic carbocycles. The summed E-state index contributed by atoms with van der Waals surface area (Å²) in [5.41, 5.74) is 8.99. The molecule has 0 fully saturated rings. The minimum atomic E-state index is -0.117. The van der Waals surface area contributed by atoms with E-state index in [9.17, 15) is 4.79 Å². The van der Waals surface area contributed by atoms with E-state index < -0.39 is 0 Å². The summed E-state index contributed by atoms with van der Waals surface area (Å²) >= 11 is 0. The van der Waals surface area contributed by atoms with Gasteiger partial charge in [-0.25, -0.2) is 0 Å². The number of carbonyl (C=O) groups excluding carboxylic acids is 1. The largest absolute Gasteiger partial charge is 0.330 e. The Kier molecular flexibility index (Phi) is 4.26. The lowest BCUT2D eigenvalue weighted by Gasteiger charge is -2.08. The predicted molar refractivity (Wildman–Crippen MR) is 76.1 cm³/mol. The number of nitrogens with two attached hydrogens (primary N) is 1. The molecule has 3 N–H and O–H groups in total. The molecule has 98 valence electrons. The molecule has 4 heteroatoms. The minimum Gasteiger partial charge on any atom is -0.330 e. The van der Waals surface area contributed by atoms with Crippen molar-refractivity contribution >= 4 is 11.6 Å². The Balaban J connectivity index is 2.10. The van der Waals surface area contributed by atoms with Crippen LogP contribution in [0.15, 0.2) is 42.7 Å². The van der Waals surface area contributed by atoms with E-state index in [0.29, 0.717) is 12.1 Å². The van der Waals surface area contributed by atoms with Crippen LogP contribution in [-0.2, 0) is 6.42 Å². The number of aryl methyl sites for hydroxylation is 1. The van der Waals surface area contributed by atoms with Crippen molar-refractivity contribution in [3.63, 3.8) is 0 Å². The number of amides is 1. The Morgan fingerprint density at radius 2 is 2.00 bits per heavy atom. The van der Waals surface area contributed by atoms with Crippen LogP contribution < -0.4 is 11.1 Å². The first kappa shape index (κ1) is 13.2. The van der Waals surface area contributed by atoms with Crippen LogP contribution in [0, 0.1) is 6.92 Å². The number of pyridine rings is 1. The first-order valence-corrected chi connectivity index (χ1v) is 6.21. The van der Waals surface area contributed by atoms with Gasteiger partial charge in [0.15, 0.2) is 0 Å². The summed E-state index contributed by atoms with van der Waals surface area (Å²) in [6.45, 7) is 2.52. The smallest absolute Gasteiger partial charge is 0.255 e. The first-order valence-electron chi connectivity index (χ1n) is 6.21. The van der Waals surface area contributed by atoms with Gasteiger partial charge in [0.2, 0.25) is 0 Å². The van der Waals surface area contributed by atoms with Crippen molar-refractivity contribution in [1.82, 2.24) is 4.98 Å². The van der Waals surface area contributed by atoms with Gasteiger partial charge in [-0.15, -0.1) is 0 Å². The maximum Gasteiger partial charge on any atom is 0.255 e. The highest BCUT2D eigenvalue weighted by molar-refractivity contribution is 6.04. The molecule has 1 aromatic heterocycles. The Morgan fingerprint density at radius 1 is 1.26 bits per heavy atom. The minimum absolute atomic E-state index is 0.117. The fourth-order valence-corrected chi connectivity index (χ4v) is 1.80. The fourth-order valence-electron chi connectivity index (χ4n) is 1.80. The third-order valence-corrected chi connectivity index (χ3v) is 2.92. The van der Waals surface area contributed by atoms with Crippen LogP contribution in [0.4, 0.5) is 5.69 Å². The van der Waals surface area contributed by atoms with E-state index in [2.05, 4.69) is 10.3 Å². The normalized spacial score (nSPS) is 10.2. The molecule has 19 heavy (non-hydrogen) atoms. The van der Waals surface area contributed by atoms with E-state index in [4.69, 9.17) is 5.73 Å². The second kappa shape index (κ2) is 6.11. The van der Waals surface area contributed by atoms with Crippen LogP contribution in [-0.4, -0.2) is 17.4 Å². The number of aromatic nitrogens is 1. The van der Waals surface area contributed by atoms with Crippen molar-refractivity contribution in [3.8, 4) is 0 Å². The van der Waals surface area contributed by atoms with Gasteiger partial charge >= 0.3 is 0 Å². The van der Waals surface area contributed by atoms with Crippen molar-refractivity contribution in [2.45, 2.75) is 13.3 Å². The van der Waals surface area contributed by atoms with Gasteiger partial charge in [0.1, 0.15) is 0 Å². The van der Waals surface area contributed by atoms with Gasteiger partial charge in [0.05, 0.1) is 0 Å². The molecule has 0 saturated carbocycles. The zero-order valence-corrected chi connectivity index (χ0v) is 10.9. The lowest BCUT2D eigenvalue weighted by atomic mass is 10.1. The lowest BCUT2D eigenvalue weighted by molar-refractivity contribution is 0.102. The molecule has 0 atom stereocenters. The topological polar surface area (TPSA) is 68.0 Å². The summed E-state index contributed by atoms with van der Waals surface area (Å²) in [4.78, 5) is 16.1. The maximum absolute atomic E-state index is 12.1. The van der Waals surface area contributed by atoms with Crippen molar-refractivity contribution in [2.24, 2.45) is 5.73 Å². The first-order chi connectivity index (χ1) is 9.20. The number of anilines is 1. The molecule has 0 radical (unpaired) electrons. The molecule has 1 heterocycles. The van der Waals surface area contributed by atoms with Gasteiger partial charge in [-0.1, -0.05) is 12.1 Å². The fraction of sp³-hybridized carbons (Fsp3) is 0.200. The zero-order chi connectivity index (χ0) is 13.7. The molecule has 0 aliphatic heterocycles. The molecule has 0 bridgehead atoms. The number of rotatable bonds is 4. The third-order valence-electron chi connectivity index (χ3n) is 2.92. The standard InChI is InChI=1S/C15H17N3O/c1-11-10-17-9-7-14(11)18-15(19)13-4-2-12(3-5-13)6-8-16/h2-5,7,9-10H,6,8,16H2,1H3,(H,17,18,19). The number of hydrogen-bond donors (Lipinski definition) is 2. The van der Waals surface area contributed by atoms with Gasteiger partial charge in [-0.2, -0.15) is 0 Å². The summed E-state index contributed by atoms with van der Waals surface area (Å²) in [5.74, 6) is -0.117. The Morgan fingerprint density at radius 3 is 2.63 bits per heavy atom. The van der Waals surface area contributed by atoms with Gasteiger partial charge in [0, 0.05) is 23.6 Å². The average Bonchev–Trinajstić information content (AvgIpc) is 2.42. The molecule has 2 aromatic rings. The van der Waals surface area contributed by atoms with Crippen LogP contribution in [0.2, 0.25) is 0 Å². The molecule has 0 aliphatic rings. The molecule has 0 unspecified atom stereocenters. The van der Waals surface area contributed by atoms with Crippen molar-refractivity contribution in [1.29, 1.82) is 0 Å². The van der Waals surface area contributed by atoms with E-state index in [1.165, 1.54) is 0 Å². The van der Waals surface area contributed by atoms with E-state index >= 15 is 0 Å². The molecular weight excluding hydrogens is 238 g/mol. The zero-order valence-electron chi connectivity index (χ0n) is 10.9. The second-order valence-electron chi connectivity index (χ2n) is 4.38. The molecule has 0 aliphatic carbocycles. The van der Waals surface area contributed by atoms with Crippen LogP contribution in [0.5, 0.6) is 0 Å². The van der Waals surface area contributed by atoms with Gasteiger partial charge < -0.3 is 11.1 Å².